The van der Waals surface area contributed by atoms with Gasteiger partial charge >= 0.3 is 11.9 Å². The van der Waals surface area contributed by atoms with Gasteiger partial charge in [-0.25, -0.2) is 32.9 Å². The molecular formula is C28H32N8O12S2. The number of carboxylic acids is 1. The van der Waals surface area contributed by atoms with Crippen molar-refractivity contribution in [1.29, 1.82) is 0 Å². The van der Waals surface area contributed by atoms with Crippen molar-refractivity contribution in [3.8, 4) is 16.9 Å². The Kier molecular flexibility index (Phi) is 11.3. The first-order valence-electron chi connectivity index (χ1n) is 14.3. The number of aliphatic hydroxyl groups excluding tert-OH is 1. The molecule has 1 aliphatic rings. The predicted octanol–water partition coefficient (Wildman–Crippen LogP) is -1.77. The summed E-state index contributed by atoms with van der Waals surface area (Å²) in [5.74, 6) is -3.45. The summed E-state index contributed by atoms with van der Waals surface area (Å²) >= 11 is 0.931. The highest BCUT2D eigenvalue weighted by molar-refractivity contribution is 7.80. The molecule has 20 nitrogen and oxygen atoms in total. The van der Waals surface area contributed by atoms with Gasteiger partial charge in [-0.3, -0.25) is 9.59 Å². The first-order valence-corrected chi connectivity index (χ1v) is 16.5. The average molecular weight is 737 g/mol. The second-order valence-electron chi connectivity index (χ2n) is 11.1. The van der Waals surface area contributed by atoms with Crippen molar-refractivity contribution in [2.24, 2.45) is 17.9 Å². The van der Waals surface area contributed by atoms with Crippen molar-refractivity contribution >= 4 is 62.1 Å². The Morgan fingerprint density at radius 1 is 1.20 bits per heavy atom. The van der Waals surface area contributed by atoms with Crippen LogP contribution in [0.2, 0.25) is 0 Å². The summed E-state index contributed by atoms with van der Waals surface area (Å²) in [5.41, 5.74) is 10.6. The molecule has 1 saturated heterocycles. The van der Waals surface area contributed by atoms with Gasteiger partial charge in [-0.2, -0.15) is 9.35 Å². The van der Waals surface area contributed by atoms with Crippen LogP contribution in [-0.4, -0.2) is 99.6 Å². The van der Waals surface area contributed by atoms with Crippen LogP contribution in [0, 0.1) is 0 Å². The first-order chi connectivity index (χ1) is 23.4. The number of pyridine rings is 1. The lowest BCUT2D eigenvalue weighted by Crippen LogP contribution is -2.76. The molecule has 0 aliphatic carbocycles. The monoisotopic (exact) mass is 736 g/mol. The van der Waals surface area contributed by atoms with Crippen molar-refractivity contribution in [2.45, 2.75) is 37.6 Å². The second kappa shape index (κ2) is 15.1. The molecule has 3 heterocycles. The Balaban J connectivity index is 1.43. The van der Waals surface area contributed by atoms with Crippen molar-refractivity contribution < 1.29 is 60.8 Å². The number of hydrogen-bond acceptors (Lipinski definition) is 16. The molecule has 1 aromatic carbocycles. The Labute approximate surface area is 288 Å². The topological polar surface area (TPSA) is 302 Å². The molecule has 0 spiro atoms. The minimum Gasteiger partial charge on any atom is -0.724 e. The van der Waals surface area contributed by atoms with E-state index in [2.05, 4.69) is 25.1 Å². The van der Waals surface area contributed by atoms with Gasteiger partial charge in [0.25, 0.3) is 23.7 Å². The number of β-lactam (4-membered cyclic amide) rings is 1. The Morgan fingerprint density at radius 2 is 1.86 bits per heavy atom. The maximum absolute atomic E-state index is 13.2. The number of carboxylic acid groups (broad SMARTS) is 1. The number of hydrogen-bond donors (Lipinski definition) is 6. The number of nitrogen functional groups attached to an aromatic ring is 1. The summed E-state index contributed by atoms with van der Waals surface area (Å²) in [7, 11) is -3.58. The van der Waals surface area contributed by atoms with Crippen LogP contribution in [-0.2, 0) is 45.7 Å². The summed E-state index contributed by atoms with van der Waals surface area (Å²) in [5, 5.41) is 29.1. The van der Waals surface area contributed by atoms with E-state index in [1.807, 2.05) is 0 Å². The number of thiazole rings is 1. The van der Waals surface area contributed by atoms with Gasteiger partial charge in [-0.1, -0.05) is 17.3 Å². The summed E-state index contributed by atoms with van der Waals surface area (Å²) < 4.78 is 44.4. The van der Waals surface area contributed by atoms with Crippen LogP contribution in [0.4, 0.5) is 10.9 Å². The summed E-state index contributed by atoms with van der Waals surface area (Å²) in [4.78, 5) is 58.8. The maximum atomic E-state index is 13.2. The largest absolute Gasteiger partial charge is 0.724 e. The molecule has 0 unspecified atom stereocenters. The number of carbonyl (C=O) groups is 4. The third-order valence-corrected chi connectivity index (χ3v) is 8.16. The standard InChI is InChI=1S/C28H32N8O12S2/c1-28(2)22(25(40)36(28)48-50(43,44)45)33-24(39)21(18-13-49-27(30)31-18)34-47-19(26(41)42)12-46-16-7-4-14(5-8-16)15-6-9-20(35(3)10-15)32-23(38)17(29)11-37/h4-10,13,17,19,22,37H,11-12,29H2,1-3H3,(H5,30,31,33,39,41,42,43,44,45)/b34-21-/t17-,19-,22+/m0/s1. The van der Waals surface area contributed by atoms with Crippen molar-refractivity contribution in [3.05, 3.63) is 53.7 Å². The Hall–Kier alpha value is -5.26. The fourth-order valence-electron chi connectivity index (χ4n) is 4.41. The molecule has 3 aromatic rings. The van der Waals surface area contributed by atoms with E-state index < -0.39 is 76.7 Å². The summed E-state index contributed by atoms with van der Waals surface area (Å²) in [6.07, 6.45) is 0.0105. The number of oxime groups is 1. The zero-order valence-corrected chi connectivity index (χ0v) is 28.1. The molecule has 22 heteroatoms. The molecule has 268 valence electrons. The van der Waals surface area contributed by atoms with Gasteiger partial charge in [-0.05, 0) is 37.6 Å². The number of nitrogens with two attached hydrogens (primary N) is 2. The SMILES string of the molecule is C[n+]1cc(-c2ccc(OC[C@H](O/N=C(\C(=O)N[C@@H]3C(=O)N(OS(=O)(=O)[O-])C3(C)C)c3csc(N)n3)C(=O)O)cc2)ccc1NC(=O)[C@@H](N)CO. The third-order valence-electron chi connectivity index (χ3n) is 7.15. The lowest BCUT2D eigenvalue weighted by molar-refractivity contribution is -0.656. The number of benzene rings is 1. The number of nitrogens with one attached hydrogen (secondary N) is 2. The maximum Gasteiger partial charge on any atom is 0.351 e. The van der Waals surface area contributed by atoms with Gasteiger partial charge in [0.2, 0.25) is 10.4 Å². The molecule has 50 heavy (non-hydrogen) atoms. The smallest absolute Gasteiger partial charge is 0.351 e. The molecule has 1 aliphatic heterocycles. The number of aliphatic carboxylic acids is 1. The fourth-order valence-corrected chi connectivity index (χ4v) is 5.40. The van der Waals surface area contributed by atoms with E-state index in [1.54, 1.807) is 54.2 Å². The van der Waals surface area contributed by atoms with Crippen molar-refractivity contribution in [2.75, 3.05) is 24.3 Å². The van der Waals surface area contributed by atoms with Crippen LogP contribution < -0.4 is 31.4 Å². The van der Waals surface area contributed by atoms with Gasteiger partial charge in [0.1, 0.15) is 30.1 Å². The van der Waals surface area contributed by atoms with Crippen LogP contribution in [0.1, 0.15) is 19.5 Å². The van der Waals surface area contributed by atoms with Crippen LogP contribution in [0.3, 0.4) is 0 Å². The quantitative estimate of drug-likeness (QED) is 0.0251. The highest BCUT2D eigenvalue weighted by Gasteiger charge is 2.57. The molecule has 0 saturated carbocycles. The molecular weight excluding hydrogens is 704 g/mol. The minimum atomic E-state index is -5.29. The highest BCUT2D eigenvalue weighted by Crippen LogP contribution is 2.33. The summed E-state index contributed by atoms with van der Waals surface area (Å²) in [6.45, 7) is 1.57. The molecule has 0 bridgehead atoms. The molecule has 4 rings (SSSR count). The zero-order valence-electron chi connectivity index (χ0n) is 26.5. The molecule has 2 aromatic heterocycles. The van der Waals surface area contributed by atoms with Gasteiger partial charge in [0.15, 0.2) is 10.8 Å². The van der Waals surface area contributed by atoms with E-state index in [0.29, 0.717) is 10.9 Å². The first kappa shape index (κ1) is 37.6. The van der Waals surface area contributed by atoms with Gasteiger partial charge < -0.3 is 41.1 Å². The van der Waals surface area contributed by atoms with E-state index >= 15 is 0 Å². The zero-order chi connectivity index (χ0) is 37.0. The van der Waals surface area contributed by atoms with E-state index in [0.717, 1.165) is 22.5 Å². The molecule has 3 atom stereocenters. The van der Waals surface area contributed by atoms with Crippen LogP contribution in [0.25, 0.3) is 11.1 Å². The normalized spacial score (nSPS) is 16.9. The van der Waals surface area contributed by atoms with Crippen LogP contribution in [0.5, 0.6) is 5.75 Å². The van der Waals surface area contributed by atoms with Gasteiger partial charge in [0, 0.05) is 17.0 Å². The van der Waals surface area contributed by atoms with Crippen LogP contribution >= 0.6 is 11.3 Å². The van der Waals surface area contributed by atoms with E-state index in [1.165, 1.54) is 19.2 Å². The number of aliphatic hydroxyl groups is 1. The third kappa shape index (κ3) is 8.85. The minimum absolute atomic E-state index is 0.0293. The second-order valence-corrected chi connectivity index (χ2v) is 13.0. The highest BCUT2D eigenvalue weighted by atomic mass is 32.3. The Bertz CT molecular complexity index is 1920. The molecule has 3 amide bonds. The molecule has 1 fully saturated rings. The molecule has 8 N–H and O–H groups in total. The number of hydroxylamine groups is 2. The number of anilines is 2. The number of carbonyl (C=O) groups excluding carboxylic acids is 3. The van der Waals surface area contributed by atoms with Gasteiger partial charge in [-0.15, -0.1) is 11.3 Å². The lowest BCUT2D eigenvalue weighted by Gasteiger charge is -2.51. The number of ether oxygens (including phenoxy) is 1. The predicted molar refractivity (Wildman–Crippen MR) is 171 cm³/mol. The van der Waals surface area contributed by atoms with E-state index in [9.17, 15) is 37.3 Å². The average Bonchev–Trinajstić information content (AvgIpc) is 3.49. The number of rotatable bonds is 15. The van der Waals surface area contributed by atoms with Crippen LogP contribution in [0.15, 0.2) is 53.1 Å². The fraction of sp³-hybridized carbons (Fsp3) is 0.321. The van der Waals surface area contributed by atoms with Crippen molar-refractivity contribution in [3.63, 3.8) is 0 Å². The number of nitrogens with zero attached hydrogens (tertiary/aromatic N) is 4. The number of amides is 3. The lowest BCUT2D eigenvalue weighted by atomic mass is 9.84. The number of aryl methyl sites for hydroxylation is 1. The van der Waals surface area contributed by atoms with E-state index in [4.69, 9.17) is 26.1 Å². The van der Waals surface area contributed by atoms with Crippen molar-refractivity contribution in [1.82, 2.24) is 15.4 Å². The number of aromatic nitrogens is 2. The Morgan fingerprint density at radius 3 is 2.40 bits per heavy atom. The molecule has 0 radical (unpaired) electrons. The van der Waals surface area contributed by atoms with E-state index in [-0.39, 0.29) is 16.6 Å². The van der Waals surface area contributed by atoms with Gasteiger partial charge in [0.05, 0.1) is 25.4 Å². The summed E-state index contributed by atoms with van der Waals surface area (Å²) in [6, 6.07) is 7.51.